The van der Waals surface area contributed by atoms with Crippen molar-refractivity contribution in [2.24, 2.45) is 5.92 Å². The molecule has 2 rings (SSSR count). The molecule has 0 bridgehead atoms. The fourth-order valence-corrected chi connectivity index (χ4v) is 2.42. The molecule has 0 spiro atoms. The predicted molar refractivity (Wildman–Crippen MR) is 67.9 cm³/mol. The minimum absolute atomic E-state index is 0.145. The Morgan fingerprint density at radius 3 is 2.82 bits per heavy atom. The van der Waals surface area contributed by atoms with Crippen LogP contribution in [0.15, 0.2) is 12.3 Å². The van der Waals surface area contributed by atoms with Gasteiger partial charge in [-0.15, -0.1) is 0 Å². The van der Waals surface area contributed by atoms with Crippen molar-refractivity contribution in [1.82, 2.24) is 9.78 Å². The topological polar surface area (TPSA) is 34.9 Å². The predicted octanol–water partition coefficient (Wildman–Crippen LogP) is 3.16. The molecule has 1 aromatic heterocycles. The van der Waals surface area contributed by atoms with E-state index in [2.05, 4.69) is 22.0 Å². The largest absolute Gasteiger partial charge is 0.299 e. The molecule has 1 aromatic rings. The molecule has 3 nitrogen and oxygen atoms in total. The van der Waals surface area contributed by atoms with Crippen LogP contribution >= 0.6 is 0 Å². The van der Waals surface area contributed by atoms with Crippen LogP contribution in [0.2, 0.25) is 0 Å². The first-order chi connectivity index (χ1) is 8.16. The quantitative estimate of drug-likeness (QED) is 0.784. The maximum Gasteiger partial charge on any atom is 0.135 e. The third-order valence-electron chi connectivity index (χ3n) is 3.63. The van der Waals surface area contributed by atoms with Gasteiger partial charge < -0.3 is 0 Å². The van der Waals surface area contributed by atoms with Crippen molar-refractivity contribution in [2.45, 2.75) is 58.4 Å². The molecule has 1 fully saturated rings. The van der Waals surface area contributed by atoms with Crippen LogP contribution in [0.25, 0.3) is 0 Å². The summed E-state index contributed by atoms with van der Waals surface area (Å²) < 4.78 is 2.10. The zero-order valence-electron chi connectivity index (χ0n) is 10.9. The van der Waals surface area contributed by atoms with Gasteiger partial charge in [-0.2, -0.15) is 5.10 Å². The van der Waals surface area contributed by atoms with Crippen molar-refractivity contribution >= 4 is 5.78 Å². The summed E-state index contributed by atoms with van der Waals surface area (Å²) in [6, 6.07) is 2.66. The Balaban J connectivity index is 1.87. The highest BCUT2D eigenvalue weighted by atomic mass is 16.1. The lowest BCUT2D eigenvalue weighted by Crippen LogP contribution is -2.09. The molecule has 0 radical (unpaired) electrons. The van der Waals surface area contributed by atoms with Crippen LogP contribution < -0.4 is 0 Å². The van der Waals surface area contributed by atoms with Crippen molar-refractivity contribution in [2.75, 3.05) is 0 Å². The monoisotopic (exact) mass is 234 g/mol. The fraction of sp³-hybridized carbons (Fsp3) is 0.714. The molecule has 1 aliphatic carbocycles. The lowest BCUT2D eigenvalue weighted by molar-refractivity contribution is -0.121. The molecule has 94 valence electrons. The fourth-order valence-electron chi connectivity index (χ4n) is 2.42. The number of carbonyl (C=O) groups is 1. The maximum absolute atomic E-state index is 11.5. The first kappa shape index (κ1) is 12.3. The van der Waals surface area contributed by atoms with Gasteiger partial charge in [0.15, 0.2) is 0 Å². The van der Waals surface area contributed by atoms with E-state index in [1.54, 1.807) is 0 Å². The summed E-state index contributed by atoms with van der Waals surface area (Å²) in [6.07, 6.45) is 8.65. The molecular formula is C14H22N2O. The van der Waals surface area contributed by atoms with Gasteiger partial charge in [0.05, 0.1) is 11.7 Å². The van der Waals surface area contributed by atoms with Crippen LogP contribution in [0.5, 0.6) is 0 Å². The molecular weight excluding hydrogens is 212 g/mol. The van der Waals surface area contributed by atoms with Gasteiger partial charge in [-0.25, -0.2) is 0 Å². The van der Waals surface area contributed by atoms with E-state index < -0.39 is 0 Å². The summed E-state index contributed by atoms with van der Waals surface area (Å²) in [5, 5.41) is 4.59. The molecule has 1 aliphatic rings. The van der Waals surface area contributed by atoms with E-state index in [-0.39, 0.29) is 5.92 Å². The van der Waals surface area contributed by atoms with Crippen LogP contribution in [0.3, 0.4) is 0 Å². The summed E-state index contributed by atoms with van der Waals surface area (Å²) in [4.78, 5) is 11.5. The third-order valence-corrected chi connectivity index (χ3v) is 3.63. The standard InChI is InChI=1S/C14H22N2O/c1-11(2)14(17)8-7-12-9-10-16(15-12)13-5-3-4-6-13/h9-11,13H,3-8H2,1-2H3. The molecule has 0 N–H and O–H groups in total. The number of carbonyl (C=O) groups excluding carboxylic acids is 1. The summed E-state index contributed by atoms with van der Waals surface area (Å²) in [5.41, 5.74) is 1.06. The lowest BCUT2D eigenvalue weighted by atomic mass is 10.0. The Morgan fingerprint density at radius 2 is 2.18 bits per heavy atom. The number of hydrogen-bond donors (Lipinski definition) is 0. The summed E-state index contributed by atoms with van der Waals surface area (Å²) in [5.74, 6) is 0.479. The van der Waals surface area contributed by atoms with Crippen molar-refractivity contribution in [3.8, 4) is 0 Å². The van der Waals surface area contributed by atoms with Crippen molar-refractivity contribution in [3.63, 3.8) is 0 Å². The van der Waals surface area contributed by atoms with E-state index in [0.717, 1.165) is 12.1 Å². The first-order valence-corrected chi connectivity index (χ1v) is 6.73. The van der Waals surface area contributed by atoms with Gasteiger partial charge in [-0.3, -0.25) is 9.48 Å². The normalized spacial score (nSPS) is 16.9. The molecule has 1 saturated carbocycles. The molecule has 0 aromatic carbocycles. The number of nitrogens with zero attached hydrogens (tertiary/aromatic N) is 2. The SMILES string of the molecule is CC(C)C(=O)CCc1ccn(C2CCCC2)n1. The van der Waals surface area contributed by atoms with Gasteiger partial charge in [-0.1, -0.05) is 26.7 Å². The number of Topliss-reactive ketones (excluding diaryl/α,β-unsaturated/α-hetero) is 1. The molecule has 1 heterocycles. The van der Waals surface area contributed by atoms with Gasteiger partial charge >= 0.3 is 0 Å². The molecule has 17 heavy (non-hydrogen) atoms. The van der Waals surface area contributed by atoms with E-state index >= 15 is 0 Å². The second-order valence-corrected chi connectivity index (χ2v) is 5.35. The Morgan fingerprint density at radius 1 is 1.47 bits per heavy atom. The molecule has 0 unspecified atom stereocenters. The molecule has 3 heteroatoms. The number of aryl methyl sites for hydroxylation is 1. The zero-order valence-corrected chi connectivity index (χ0v) is 10.9. The van der Waals surface area contributed by atoms with E-state index in [1.807, 2.05) is 13.8 Å². The van der Waals surface area contributed by atoms with Crippen molar-refractivity contribution < 1.29 is 4.79 Å². The molecule has 0 amide bonds. The van der Waals surface area contributed by atoms with Crippen molar-refractivity contribution in [3.05, 3.63) is 18.0 Å². The van der Waals surface area contributed by atoms with Gasteiger partial charge in [0.1, 0.15) is 5.78 Å². The van der Waals surface area contributed by atoms with Crippen LogP contribution in [0.4, 0.5) is 0 Å². The Hall–Kier alpha value is -1.12. The second-order valence-electron chi connectivity index (χ2n) is 5.35. The lowest BCUT2D eigenvalue weighted by Gasteiger charge is -2.08. The maximum atomic E-state index is 11.5. The average Bonchev–Trinajstić information content (AvgIpc) is 2.95. The summed E-state index contributed by atoms with van der Waals surface area (Å²) in [6.45, 7) is 3.92. The molecule has 0 aliphatic heterocycles. The van der Waals surface area contributed by atoms with Gasteiger partial charge in [-0.05, 0) is 25.3 Å². The van der Waals surface area contributed by atoms with Crippen LogP contribution in [-0.4, -0.2) is 15.6 Å². The number of ketones is 1. The Kier molecular flexibility index (Phi) is 3.97. The summed E-state index contributed by atoms with van der Waals surface area (Å²) in [7, 11) is 0. The highest BCUT2D eigenvalue weighted by Crippen LogP contribution is 2.28. The number of rotatable bonds is 5. The Bertz CT molecular complexity index is 375. The summed E-state index contributed by atoms with van der Waals surface area (Å²) >= 11 is 0. The highest BCUT2D eigenvalue weighted by molar-refractivity contribution is 5.80. The molecule has 0 atom stereocenters. The number of hydrogen-bond acceptors (Lipinski definition) is 2. The van der Waals surface area contributed by atoms with E-state index in [4.69, 9.17) is 0 Å². The minimum Gasteiger partial charge on any atom is -0.299 e. The van der Waals surface area contributed by atoms with Crippen molar-refractivity contribution in [1.29, 1.82) is 0 Å². The van der Waals surface area contributed by atoms with Gasteiger partial charge in [0.2, 0.25) is 0 Å². The van der Waals surface area contributed by atoms with Gasteiger partial charge in [0.25, 0.3) is 0 Å². The average molecular weight is 234 g/mol. The highest BCUT2D eigenvalue weighted by Gasteiger charge is 2.17. The second kappa shape index (κ2) is 5.48. The van der Waals surface area contributed by atoms with E-state index in [9.17, 15) is 4.79 Å². The third kappa shape index (κ3) is 3.18. The van der Waals surface area contributed by atoms with Crippen LogP contribution in [0.1, 0.15) is 57.7 Å². The number of aromatic nitrogens is 2. The van der Waals surface area contributed by atoms with Gasteiger partial charge in [0, 0.05) is 18.5 Å². The van der Waals surface area contributed by atoms with E-state index in [0.29, 0.717) is 18.2 Å². The van der Waals surface area contributed by atoms with E-state index in [1.165, 1.54) is 25.7 Å². The van der Waals surface area contributed by atoms with Crippen LogP contribution in [-0.2, 0) is 11.2 Å². The van der Waals surface area contributed by atoms with Crippen LogP contribution in [0, 0.1) is 5.92 Å². The zero-order chi connectivity index (χ0) is 12.3. The minimum atomic E-state index is 0.145. The molecule has 0 saturated heterocycles. The first-order valence-electron chi connectivity index (χ1n) is 6.73. The smallest absolute Gasteiger partial charge is 0.135 e. The Labute approximate surface area is 103 Å².